The molecule has 98 valence electrons. The Hall–Kier alpha value is -0.840. The van der Waals surface area contributed by atoms with Crippen LogP contribution in [0.4, 0.5) is 0 Å². The molecule has 0 bridgehead atoms. The minimum absolute atomic E-state index is 0.0000918. The molecular formula is C14H9Br2ClO2. The van der Waals surface area contributed by atoms with Gasteiger partial charge in [0.2, 0.25) is 0 Å². The fraction of sp³-hybridized carbons (Fsp3) is 0.0714. The maximum absolute atomic E-state index is 11.3. The van der Waals surface area contributed by atoms with Crippen LogP contribution in [-0.4, -0.2) is 5.78 Å². The minimum Gasteiger partial charge on any atom is -0.456 e. The van der Waals surface area contributed by atoms with Gasteiger partial charge in [0.1, 0.15) is 11.5 Å². The van der Waals surface area contributed by atoms with E-state index in [1.54, 1.807) is 30.3 Å². The SMILES string of the molecule is CC(=O)c1ccc(Oc2ccc(Br)cc2Cl)cc1Br. The molecule has 0 unspecified atom stereocenters. The summed E-state index contributed by atoms with van der Waals surface area (Å²) in [4.78, 5) is 11.3. The molecule has 0 aliphatic carbocycles. The lowest BCUT2D eigenvalue weighted by Gasteiger charge is -2.09. The van der Waals surface area contributed by atoms with Crippen LogP contribution in [0.25, 0.3) is 0 Å². The van der Waals surface area contributed by atoms with Crippen molar-refractivity contribution in [1.29, 1.82) is 0 Å². The van der Waals surface area contributed by atoms with Gasteiger partial charge in [-0.25, -0.2) is 0 Å². The average molecular weight is 404 g/mol. The molecule has 0 atom stereocenters. The largest absolute Gasteiger partial charge is 0.456 e. The lowest BCUT2D eigenvalue weighted by molar-refractivity contribution is 0.101. The smallest absolute Gasteiger partial charge is 0.160 e. The van der Waals surface area contributed by atoms with Crippen LogP contribution < -0.4 is 4.74 Å². The zero-order chi connectivity index (χ0) is 14.0. The van der Waals surface area contributed by atoms with Crippen molar-refractivity contribution in [2.45, 2.75) is 6.92 Å². The summed E-state index contributed by atoms with van der Waals surface area (Å²) in [5.74, 6) is 1.17. The quantitative estimate of drug-likeness (QED) is 0.599. The minimum atomic E-state index is 0.0000918. The third-order valence-electron chi connectivity index (χ3n) is 2.44. The number of hydrogen-bond acceptors (Lipinski definition) is 2. The molecule has 0 aliphatic heterocycles. The molecule has 0 saturated carbocycles. The van der Waals surface area contributed by atoms with Crippen LogP contribution in [0.1, 0.15) is 17.3 Å². The van der Waals surface area contributed by atoms with Crippen molar-refractivity contribution in [3.8, 4) is 11.5 Å². The first kappa shape index (κ1) is 14.6. The summed E-state index contributed by atoms with van der Waals surface area (Å²) < 4.78 is 7.27. The number of carbonyl (C=O) groups excluding carboxylic acids is 1. The molecule has 2 nitrogen and oxygen atoms in total. The Morgan fingerprint density at radius 1 is 1.16 bits per heavy atom. The van der Waals surface area contributed by atoms with Crippen LogP contribution in [0.2, 0.25) is 5.02 Å². The molecule has 2 rings (SSSR count). The second-order valence-electron chi connectivity index (χ2n) is 3.87. The molecule has 0 spiro atoms. The lowest BCUT2D eigenvalue weighted by Crippen LogP contribution is -1.94. The van der Waals surface area contributed by atoms with Gasteiger partial charge in [-0.3, -0.25) is 4.79 Å². The second-order valence-corrected chi connectivity index (χ2v) is 6.05. The predicted molar refractivity (Wildman–Crippen MR) is 83.4 cm³/mol. The highest BCUT2D eigenvalue weighted by molar-refractivity contribution is 9.10. The molecule has 2 aromatic rings. The number of carbonyl (C=O) groups is 1. The first-order valence-corrected chi connectivity index (χ1v) is 7.37. The van der Waals surface area contributed by atoms with Gasteiger partial charge in [-0.2, -0.15) is 0 Å². The van der Waals surface area contributed by atoms with E-state index in [0.717, 1.165) is 4.47 Å². The molecule has 0 heterocycles. The standard InChI is InChI=1S/C14H9Br2ClO2/c1-8(18)11-4-3-10(7-12(11)16)19-14-5-2-9(15)6-13(14)17/h2-7H,1H3. The van der Waals surface area contributed by atoms with Crippen LogP contribution in [0.15, 0.2) is 45.3 Å². The molecule has 0 amide bonds. The van der Waals surface area contributed by atoms with Crippen molar-refractivity contribution in [1.82, 2.24) is 0 Å². The third-order valence-corrected chi connectivity index (χ3v) is 3.89. The molecule has 0 fully saturated rings. The van der Waals surface area contributed by atoms with Gasteiger partial charge in [0, 0.05) is 14.5 Å². The van der Waals surface area contributed by atoms with E-state index >= 15 is 0 Å². The first-order chi connectivity index (χ1) is 8.97. The van der Waals surface area contributed by atoms with Crippen LogP contribution in [0.3, 0.4) is 0 Å². The number of halogens is 3. The van der Waals surface area contributed by atoms with Gasteiger partial charge < -0.3 is 4.74 Å². The molecule has 0 N–H and O–H groups in total. The average Bonchev–Trinajstić information content (AvgIpc) is 2.32. The van der Waals surface area contributed by atoms with Crippen molar-refractivity contribution in [2.24, 2.45) is 0 Å². The number of Topliss-reactive ketones (excluding diaryl/α,β-unsaturated/α-hetero) is 1. The molecular weight excluding hydrogens is 395 g/mol. The Balaban J connectivity index is 2.29. The first-order valence-electron chi connectivity index (χ1n) is 5.41. The lowest BCUT2D eigenvalue weighted by atomic mass is 10.1. The molecule has 0 radical (unpaired) electrons. The zero-order valence-corrected chi connectivity index (χ0v) is 13.8. The number of ether oxygens (including phenoxy) is 1. The van der Waals surface area contributed by atoms with Crippen molar-refractivity contribution in [3.63, 3.8) is 0 Å². The van der Waals surface area contributed by atoms with E-state index in [4.69, 9.17) is 16.3 Å². The van der Waals surface area contributed by atoms with E-state index in [-0.39, 0.29) is 5.78 Å². The van der Waals surface area contributed by atoms with E-state index in [9.17, 15) is 4.79 Å². The van der Waals surface area contributed by atoms with Crippen molar-refractivity contribution in [3.05, 3.63) is 55.9 Å². The molecule has 0 aromatic heterocycles. The van der Waals surface area contributed by atoms with E-state index in [0.29, 0.717) is 26.6 Å². The topological polar surface area (TPSA) is 26.3 Å². The van der Waals surface area contributed by atoms with Gasteiger partial charge in [0.05, 0.1) is 5.02 Å². The highest BCUT2D eigenvalue weighted by atomic mass is 79.9. The maximum Gasteiger partial charge on any atom is 0.160 e. The highest BCUT2D eigenvalue weighted by Crippen LogP contribution is 2.33. The summed E-state index contributed by atoms with van der Waals surface area (Å²) in [6.45, 7) is 1.52. The summed E-state index contributed by atoms with van der Waals surface area (Å²) in [6, 6.07) is 10.6. The molecule has 0 saturated heterocycles. The van der Waals surface area contributed by atoms with Crippen LogP contribution in [-0.2, 0) is 0 Å². The summed E-state index contributed by atoms with van der Waals surface area (Å²) in [6.07, 6.45) is 0. The number of ketones is 1. The van der Waals surface area contributed by atoms with E-state index in [2.05, 4.69) is 31.9 Å². The predicted octanol–water partition coefficient (Wildman–Crippen LogP) is 5.86. The number of rotatable bonds is 3. The Kier molecular flexibility index (Phi) is 4.66. The third kappa shape index (κ3) is 3.59. The maximum atomic E-state index is 11.3. The van der Waals surface area contributed by atoms with Gasteiger partial charge in [-0.1, -0.05) is 27.5 Å². The monoisotopic (exact) mass is 402 g/mol. The van der Waals surface area contributed by atoms with Gasteiger partial charge in [-0.05, 0) is 59.3 Å². The van der Waals surface area contributed by atoms with Gasteiger partial charge in [0.15, 0.2) is 5.78 Å². The summed E-state index contributed by atoms with van der Waals surface area (Å²) >= 11 is 12.8. The molecule has 5 heteroatoms. The second kappa shape index (κ2) is 6.07. The van der Waals surface area contributed by atoms with Crippen molar-refractivity contribution in [2.75, 3.05) is 0 Å². The number of benzene rings is 2. The zero-order valence-electron chi connectivity index (χ0n) is 9.91. The Morgan fingerprint density at radius 3 is 2.47 bits per heavy atom. The Morgan fingerprint density at radius 2 is 1.89 bits per heavy atom. The van der Waals surface area contributed by atoms with Crippen LogP contribution in [0, 0.1) is 0 Å². The summed E-state index contributed by atoms with van der Waals surface area (Å²) in [5, 5.41) is 0.515. The van der Waals surface area contributed by atoms with Crippen molar-refractivity contribution >= 4 is 49.2 Å². The summed E-state index contributed by atoms with van der Waals surface area (Å²) in [7, 11) is 0. The molecule has 0 aliphatic rings. The Labute approximate surface area is 133 Å². The fourth-order valence-electron chi connectivity index (χ4n) is 1.53. The van der Waals surface area contributed by atoms with Gasteiger partial charge in [0.25, 0.3) is 0 Å². The highest BCUT2D eigenvalue weighted by Gasteiger charge is 2.08. The summed E-state index contributed by atoms with van der Waals surface area (Å²) in [5.41, 5.74) is 0.620. The van der Waals surface area contributed by atoms with E-state index < -0.39 is 0 Å². The van der Waals surface area contributed by atoms with E-state index in [1.807, 2.05) is 6.07 Å². The normalized spacial score (nSPS) is 10.3. The van der Waals surface area contributed by atoms with Gasteiger partial charge >= 0.3 is 0 Å². The molecule has 2 aromatic carbocycles. The number of hydrogen-bond donors (Lipinski definition) is 0. The Bertz CT molecular complexity index is 641. The van der Waals surface area contributed by atoms with E-state index in [1.165, 1.54) is 6.92 Å². The van der Waals surface area contributed by atoms with Crippen molar-refractivity contribution < 1.29 is 9.53 Å². The molecule has 19 heavy (non-hydrogen) atoms. The van der Waals surface area contributed by atoms with Gasteiger partial charge in [-0.15, -0.1) is 0 Å². The van der Waals surface area contributed by atoms with Crippen LogP contribution >= 0.6 is 43.5 Å². The fourth-order valence-corrected chi connectivity index (χ4v) is 2.88. The van der Waals surface area contributed by atoms with Crippen LogP contribution in [0.5, 0.6) is 11.5 Å².